The van der Waals surface area contributed by atoms with Gasteiger partial charge in [0.2, 0.25) is 0 Å². The molecule has 0 aliphatic heterocycles. The number of carboxylic acid groups (broad SMARTS) is 1. The first-order valence-electron chi connectivity index (χ1n) is 12.6. The summed E-state index contributed by atoms with van der Waals surface area (Å²) in [5.41, 5.74) is 1.39. The molecule has 2 aromatic carbocycles. The van der Waals surface area contributed by atoms with Crippen molar-refractivity contribution in [1.29, 1.82) is 0 Å². The van der Waals surface area contributed by atoms with Crippen LogP contribution in [-0.4, -0.2) is 39.1 Å². The molecule has 2 N–H and O–H groups in total. The fourth-order valence-electron chi connectivity index (χ4n) is 4.97. The molecule has 0 saturated heterocycles. The lowest BCUT2D eigenvalue weighted by Gasteiger charge is -2.41. The van der Waals surface area contributed by atoms with Crippen LogP contribution in [0.25, 0.3) is 11.3 Å². The lowest BCUT2D eigenvalue weighted by Crippen LogP contribution is -2.45. The number of hydrogen-bond donors (Lipinski definition) is 2. The topological polar surface area (TPSA) is 111 Å². The number of nitrogens with one attached hydrogen (secondary N) is 1. The van der Waals surface area contributed by atoms with E-state index in [1.54, 1.807) is 18.2 Å². The van der Waals surface area contributed by atoms with Crippen molar-refractivity contribution < 1.29 is 19.4 Å². The number of hydrogen-bond acceptors (Lipinski definition) is 5. The molecule has 1 saturated carbocycles. The van der Waals surface area contributed by atoms with Gasteiger partial charge < -0.3 is 15.2 Å². The predicted molar refractivity (Wildman–Crippen MR) is 146 cm³/mol. The number of aromatic carboxylic acids is 1. The number of alkyl carbamates (subject to hydrolysis) is 1. The highest BCUT2D eigenvalue weighted by molar-refractivity contribution is 6.30. The summed E-state index contributed by atoms with van der Waals surface area (Å²) in [6.07, 6.45) is 2.30. The molecule has 200 valence electrons. The summed E-state index contributed by atoms with van der Waals surface area (Å²) in [7, 11) is 0. The molecule has 1 aromatic heterocycles. The van der Waals surface area contributed by atoms with Gasteiger partial charge in [-0.2, -0.15) is 5.10 Å². The Balaban J connectivity index is 1.56. The predicted octanol–water partition coefficient (Wildman–Crippen LogP) is 5.84. The van der Waals surface area contributed by atoms with Gasteiger partial charge in [-0.15, -0.1) is 0 Å². The van der Waals surface area contributed by atoms with Crippen LogP contribution in [0.15, 0.2) is 65.5 Å². The highest BCUT2D eigenvalue weighted by atomic mass is 35.5. The molecule has 0 spiro atoms. The van der Waals surface area contributed by atoms with E-state index in [-0.39, 0.29) is 22.6 Å². The minimum atomic E-state index is -0.999. The molecule has 8 nitrogen and oxygen atoms in total. The Morgan fingerprint density at radius 3 is 2.39 bits per heavy atom. The molecular weight excluding hydrogens is 506 g/mol. The molecule has 0 radical (unpaired) electrons. The van der Waals surface area contributed by atoms with Gasteiger partial charge in [0.1, 0.15) is 5.60 Å². The minimum absolute atomic E-state index is 0.116. The number of carbonyl (C=O) groups is 2. The summed E-state index contributed by atoms with van der Waals surface area (Å²) in [5, 5.41) is 17.4. The maximum atomic E-state index is 12.8. The molecule has 3 aromatic rings. The van der Waals surface area contributed by atoms with E-state index in [0.29, 0.717) is 42.9 Å². The average Bonchev–Trinajstić information content (AvgIpc) is 2.87. The van der Waals surface area contributed by atoms with Crippen molar-refractivity contribution in [2.75, 3.05) is 6.54 Å². The smallest absolute Gasteiger partial charge is 0.407 e. The van der Waals surface area contributed by atoms with Gasteiger partial charge in [0, 0.05) is 28.6 Å². The third kappa shape index (κ3) is 6.42. The molecule has 0 atom stereocenters. The monoisotopic (exact) mass is 537 g/mol. The molecule has 4 rings (SSSR count). The zero-order chi connectivity index (χ0) is 27.5. The summed E-state index contributed by atoms with van der Waals surface area (Å²) in [6, 6.07) is 17.1. The van der Waals surface area contributed by atoms with Crippen LogP contribution < -0.4 is 10.9 Å². The van der Waals surface area contributed by atoms with Crippen molar-refractivity contribution in [2.24, 2.45) is 0 Å². The second kappa shape index (κ2) is 11.0. The summed E-state index contributed by atoms with van der Waals surface area (Å²) in [4.78, 5) is 36.4. The number of amides is 1. The van der Waals surface area contributed by atoms with Crippen molar-refractivity contribution in [3.63, 3.8) is 0 Å². The fraction of sp³-hybridized carbons (Fsp3) is 0.379. The first-order valence-corrected chi connectivity index (χ1v) is 13.0. The molecule has 1 aliphatic carbocycles. The molecular formula is C29H32ClN3O5. The number of aromatic nitrogens is 2. The van der Waals surface area contributed by atoms with Gasteiger partial charge in [-0.05, 0) is 82.3 Å². The highest BCUT2D eigenvalue weighted by Crippen LogP contribution is 2.43. The van der Waals surface area contributed by atoms with Crippen molar-refractivity contribution in [3.05, 3.63) is 87.2 Å². The average molecular weight is 538 g/mol. The first-order chi connectivity index (χ1) is 18.0. The van der Waals surface area contributed by atoms with Crippen molar-refractivity contribution in [1.82, 2.24) is 15.1 Å². The molecule has 1 fully saturated rings. The Labute approximate surface area is 226 Å². The van der Waals surface area contributed by atoms with Crippen LogP contribution in [-0.2, 0) is 10.2 Å². The summed E-state index contributed by atoms with van der Waals surface area (Å²) in [6.45, 7) is 5.85. The van der Waals surface area contributed by atoms with E-state index in [9.17, 15) is 14.4 Å². The zero-order valence-electron chi connectivity index (χ0n) is 21.7. The van der Waals surface area contributed by atoms with Crippen molar-refractivity contribution in [3.8, 4) is 11.3 Å². The second-order valence-electron chi connectivity index (χ2n) is 10.8. The Bertz CT molecular complexity index is 1370. The van der Waals surface area contributed by atoms with Gasteiger partial charge in [0.15, 0.2) is 0 Å². The van der Waals surface area contributed by atoms with Crippen LogP contribution in [0.5, 0.6) is 0 Å². The molecule has 38 heavy (non-hydrogen) atoms. The number of nitrogens with zero attached hydrogens (tertiary/aromatic N) is 2. The molecule has 0 unspecified atom stereocenters. The quantitative estimate of drug-likeness (QED) is 0.408. The Morgan fingerprint density at radius 1 is 1.11 bits per heavy atom. The summed E-state index contributed by atoms with van der Waals surface area (Å²) in [5.74, 6) is -0.999. The number of halogens is 1. The van der Waals surface area contributed by atoms with Crippen LogP contribution >= 0.6 is 11.6 Å². The Morgan fingerprint density at radius 2 is 1.79 bits per heavy atom. The van der Waals surface area contributed by atoms with E-state index in [1.807, 2.05) is 45.0 Å². The molecule has 1 amide bonds. The Kier molecular flexibility index (Phi) is 7.92. The SMILES string of the molecule is CC(C)(C)OC(=O)NC[C@]1(c2cccc(Cl)c2)CC[C@@H](n2nc(-c3ccc(C(=O)O)cc3)ccc2=O)CC1. The second-order valence-corrected chi connectivity index (χ2v) is 11.2. The minimum Gasteiger partial charge on any atom is -0.478 e. The number of carboxylic acids is 1. The maximum absolute atomic E-state index is 12.8. The van der Waals surface area contributed by atoms with Crippen LogP contribution in [0.3, 0.4) is 0 Å². The molecule has 9 heteroatoms. The third-order valence-electron chi connectivity index (χ3n) is 6.92. The molecule has 1 aliphatic rings. The normalized spacial score (nSPS) is 19.5. The van der Waals surface area contributed by atoms with Crippen molar-refractivity contribution in [2.45, 2.75) is 63.5 Å². The number of carbonyl (C=O) groups excluding carboxylic acids is 1. The van der Waals surface area contributed by atoms with Gasteiger partial charge in [-0.1, -0.05) is 35.9 Å². The largest absolute Gasteiger partial charge is 0.478 e. The van der Waals surface area contributed by atoms with E-state index in [1.165, 1.54) is 22.9 Å². The maximum Gasteiger partial charge on any atom is 0.407 e. The van der Waals surface area contributed by atoms with Gasteiger partial charge in [-0.25, -0.2) is 14.3 Å². The highest BCUT2D eigenvalue weighted by Gasteiger charge is 2.39. The van der Waals surface area contributed by atoms with Gasteiger partial charge >= 0.3 is 12.1 Å². The van der Waals surface area contributed by atoms with E-state index < -0.39 is 17.7 Å². The van der Waals surface area contributed by atoms with Gasteiger partial charge in [-0.3, -0.25) is 4.79 Å². The van der Waals surface area contributed by atoms with E-state index in [4.69, 9.17) is 21.4 Å². The summed E-state index contributed by atoms with van der Waals surface area (Å²) >= 11 is 6.32. The van der Waals surface area contributed by atoms with Crippen LogP contribution in [0.2, 0.25) is 5.02 Å². The molecule has 0 bridgehead atoms. The third-order valence-corrected chi connectivity index (χ3v) is 7.15. The van der Waals surface area contributed by atoms with Gasteiger partial charge in [0.05, 0.1) is 17.3 Å². The fourth-order valence-corrected chi connectivity index (χ4v) is 5.16. The van der Waals surface area contributed by atoms with Crippen LogP contribution in [0.1, 0.15) is 68.4 Å². The lowest BCUT2D eigenvalue weighted by molar-refractivity contribution is 0.0503. The molecule has 1 heterocycles. The number of rotatable bonds is 6. The summed E-state index contributed by atoms with van der Waals surface area (Å²) < 4.78 is 6.98. The zero-order valence-corrected chi connectivity index (χ0v) is 22.5. The lowest BCUT2D eigenvalue weighted by atomic mass is 9.68. The van der Waals surface area contributed by atoms with Crippen LogP contribution in [0.4, 0.5) is 4.79 Å². The van der Waals surface area contributed by atoms with E-state index in [2.05, 4.69) is 10.4 Å². The number of ether oxygens (including phenoxy) is 1. The first kappa shape index (κ1) is 27.4. The number of benzene rings is 2. The van der Waals surface area contributed by atoms with E-state index >= 15 is 0 Å². The van der Waals surface area contributed by atoms with Crippen LogP contribution in [0, 0.1) is 0 Å². The Hall–Kier alpha value is -3.65. The van der Waals surface area contributed by atoms with Crippen molar-refractivity contribution >= 4 is 23.7 Å². The standard InChI is InChI=1S/C29H32ClN3O5/c1-28(2,3)38-27(37)31-18-29(21-5-4-6-22(30)17-21)15-13-23(14-16-29)33-25(34)12-11-24(32-33)19-7-9-20(10-8-19)26(35)36/h4-12,17,23H,13-16,18H2,1-3H3,(H,31,37)(H,35,36)/t23-,29+. The van der Waals surface area contributed by atoms with Gasteiger partial charge in [0.25, 0.3) is 5.56 Å². The van der Waals surface area contributed by atoms with E-state index in [0.717, 1.165) is 11.1 Å².